The number of carboxylic acids is 1. The first-order valence-corrected chi connectivity index (χ1v) is 5.96. The molecule has 3 N–H and O–H groups in total. The molecule has 18 heavy (non-hydrogen) atoms. The average Bonchev–Trinajstić information content (AvgIpc) is 2.85. The maximum absolute atomic E-state index is 11.9. The first-order valence-electron chi connectivity index (χ1n) is 5.96. The molecule has 1 aromatic rings. The summed E-state index contributed by atoms with van der Waals surface area (Å²) in [5, 5.41) is 14.8. The van der Waals surface area contributed by atoms with Crippen LogP contribution in [0.4, 0.5) is 5.69 Å². The largest absolute Gasteiger partial charge is 0.478 e. The molecule has 1 amide bonds. The summed E-state index contributed by atoms with van der Waals surface area (Å²) in [6.45, 7) is 2.65. The van der Waals surface area contributed by atoms with Crippen molar-refractivity contribution in [3.8, 4) is 0 Å². The van der Waals surface area contributed by atoms with E-state index in [1.54, 1.807) is 19.1 Å². The van der Waals surface area contributed by atoms with Gasteiger partial charge in [-0.2, -0.15) is 0 Å². The number of carbonyl (C=O) groups is 2. The van der Waals surface area contributed by atoms with Crippen molar-refractivity contribution in [3.05, 3.63) is 29.3 Å². The Bertz CT molecular complexity index is 479. The third kappa shape index (κ3) is 2.68. The topological polar surface area (TPSA) is 78.4 Å². The number of carbonyl (C=O) groups excluding carboxylic acids is 1. The van der Waals surface area contributed by atoms with Gasteiger partial charge in [0.2, 0.25) is 5.91 Å². The molecule has 0 spiro atoms. The Kier molecular flexibility index (Phi) is 3.62. The van der Waals surface area contributed by atoms with E-state index in [0.717, 1.165) is 24.9 Å². The highest BCUT2D eigenvalue weighted by atomic mass is 16.4. The number of aryl methyl sites for hydroxylation is 1. The summed E-state index contributed by atoms with van der Waals surface area (Å²) in [5.74, 6) is -1.02. The lowest BCUT2D eigenvalue weighted by Crippen LogP contribution is -2.35. The maximum Gasteiger partial charge on any atom is 0.335 e. The zero-order valence-corrected chi connectivity index (χ0v) is 10.2. The smallest absolute Gasteiger partial charge is 0.335 e. The Morgan fingerprint density at radius 2 is 2.22 bits per heavy atom. The first-order chi connectivity index (χ1) is 8.58. The Labute approximate surface area is 105 Å². The molecule has 1 heterocycles. The molecule has 5 heteroatoms. The standard InChI is InChI=1S/C13H16N2O3/c1-8-7-9(13(17)18)4-5-10(8)15-12(16)11-3-2-6-14-11/h4-5,7,11,14H,2-3,6H2,1H3,(H,15,16)(H,17,18). The van der Waals surface area contributed by atoms with Crippen LogP contribution in [-0.2, 0) is 4.79 Å². The summed E-state index contributed by atoms with van der Waals surface area (Å²) in [7, 11) is 0. The van der Waals surface area contributed by atoms with Crippen molar-refractivity contribution in [2.45, 2.75) is 25.8 Å². The van der Waals surface area contributed by atoms with Gasteiger partial charge in [-0.1, -0.05) is 0 Å². The van der Waals surface area contributed by atoms with Gasteiger partial charge in [0.1, 0.15) is 0 Å². The molecule has 2 rings (SSSR count). The molecule has 1 aromatic carbocycles. The lowest BCUT2D eigenvalue weighted by molar-refractivity contribution is -0.117. The zero-order valence-electron chi connectivity index (χ0n) is 10.2. The van der Waals surface area contributed by atoms with E-state index in [4.69, 9.17) is 5.11 Å². The number of amides is 1. The highest BCUT2D eigenvalue weighted by Crippen LogP contribution is 2.18. The maximum atomic E-state index is 11.9. The van der Waals surface area contributed by atoms with Gasteiger partial charge in [-0.15, -0.1) is 0 Å². The molecule has 0 aliphatic carbocycles. The van der Waals surface area contributed by atoms with Crippen molar-refractivity contribution in [2.24, 2.45) is 0 Å². The van der Waals surface area contributed by atoms with Gasteiger partial charge in [0, 0.05) is 5.69 Å². The lowest BCUT2D eigenvalue weighted by Gasteiger charge is -2.13. The van der Waals surface area contributed by atoms with E-state index in [9.17, 15) is 9.59 Å². The number of hydrogen-bond acceptors (Lipinski definition) is 3. The van der Waals surface area contributed by atoms with Crippen molar-refractivity contribution in [1.29, 1.82) is 0 Å². The zero-order chi connectivity index (χ0) is 13.1. The van der Waals surface area contributed by atoms with Crippen LogP contribution in [0.1, 0.15) is 28.8 Å². The molecule has 1 fully saturated rings. The molecule has 0 aromatic heterocycles. The Hall–Kier alpha value is -1.88. The predicted molar refractivity (Wildman–Crippen MR) is 67.8 cm³/mol. The van der Waals surface area contributed by atoms with Crippen LogP contribution in [0.3, 0.4) is 0 Å². The molecule has 1 unspecified atom stereocenters. The average molecular weight is 248 g/mol. The minimum absolute atomic E-state index is 0.0568. The molecule has 0 bridgehead atoms. The van der Waals surface area contributed by atoms with E-state index in [-0.39, 0.29) is 17.5 Å². The molecule has 1 saturated heterocycles. The van der Waals surface area contributed by atoms with Gasteiger partial charge in [0.05, 0.1) is 11.6 Å². The van der Waals surface area contributed by atoms with Crippen LogP contribution in [-0.4, -0.2) is 29.6 Å². The summed E-state index contributed by atoms with van der Waals surface area (Å²) in [6, 6.07) is 4.54. The Morgan fingerprint density at radius 3 is 2.78 bits per heavy atom. The van der Waals surface area contributed by atoms with Crippen LogP contribution < -0.4 is 10.6 Å². The van der Waals surface area contributed by atoms with Gasteiger partial charge in [0.15, 0.2) is 0 Å². The minimum atomic E-state index is -0.964. The fourth-order valence-electron chi connectivity index (χ4n) is 2.07. The molecule has 0 saturated carbocycles. The summed E-state index contributed by atoms with van der Waals surface area (Å²) in [6.07, 6.45) is 1.85. The molecule has 1 aliphatic rings. The second-order valence-electron chi connectivity index (χ2n) is 4.47. The molecule has 1 aliphatic heterocycles. The predicted octanol–water partition coefficient (Wildman–Crippen LogP) is 1.38. The third-order valence-corrected chi connectivity index (χ3v) is 3.11. The molecular formula is C13H16N2O3. The number of aromatic carboxylic acids is 1. The Balaban J connectivity index is 2.09. The van der Waals surface area contributed by atoms with E-state index in [2.05, 4.69) is 10.6 Å². The Morgan fingerprint density at radius 1 is 1.44 bits per heavy atom. The van der Waals surface area contributed by atoms with E-state index >= 15 is 0 Å². The van der Waals surface area contributed by atoms with Crippen molar-refractivity contribution in [1.82, 2.24) is 5.32 Å². The third-order valence-electron chi connectivity index (χ3n) is 3.11. The number of nitrogens with one attached hydrogen (secondary N) is 2. The van der Waals surface area contributed by atoms with Gasteiger partial charge in [-0.05, 0) is 50.1 Å². The van der Waals surface area contributed by atoms with E-state index in [0.29, 0.717) is 5.69 Å². The SMILES string of the molecule is Cc1cc(C(=O)O)ccc1NC(=O)C1CCCN1. The highest BCUT2D eigenvalue weighted by Gasteiger charge is 2.22. The van der Waals surface area contributed by atoms with Crippen molar-refractivity contribution >= 4 is 17.6 Å². The van der Waals surface area contributed by atoms with Gasteiger partial charge in [-0.3, -0.25) is 4.79 Å². The fourth-order valence-corrected chi connectivity index (χ4v) is 2.07. The summed E-state index contributed by atoms with van der Waals surface area (Å²) in [4.78, 5) is 22.7. The van der Waals surface area contributed by atoms with Crippen molar-refractivity contribution in [3.63, 3.8) is 0 Å². The van der Waals surface area contributed by atoms with Crippen LogP contribution in [0.5, 0.6) is 0 Å². The minimum Gasteiger partial charge on any atom is -0.478 e. The van der Waals surface area contributed by atoms with Gasteiger partial charge >= 0.3 is 5.97 Å². The van der Waals surface area contributed by atoms with Gasteiger partial charge in [-0.25, -0.2) is 4.79 Å². The number of hydrogen-bond donors (Lipinski definition) is 3. The van der Waals surface area contributed by atoms with E-state index in [1.165, 1.54) is 6.07 Å². The van der Waals surface area contributed by atoms with Crippen LogP contribution in [0.25, 0.3) is 0 Å². The van der Waals surface area contributed by atoms with E-state index < -0.39 is 5.97 Å². The first kappa shape index (κ1) is 12.6. The normalized spacial score (nSPS) is 18.6. The number of rotatable bonds is 3. The van der Waals surface area contributed by atoms with Gasteiger partial charge < -0.3 is 15.7 Å². The molecule has 0 radical (unpaired) electrons. The fraction of sp³-hybridized carbons (Fsp3) is 0.385. The highest BCUT2D eigenvalue weighted by molar-refractivity contribution is 5.96. The van der Waals surface area contributed by atoms with Crippen molar-refractivity contribution < 1.29 is 14.7 Å². The quantitative estimate of drug-likeness (QED) is 0.755. The van der Waals surface area contributed by atoms with Gasteiger partial charge in [0.25, 0.3) is 0 Å². The summed E-state index contributed by atoms with van der Waals surface area (Å²) in [5.41, 5.74) is 1.64. The second-order valence-corrected chi connectivity index (χ2v) is 4.47. The molecule has 5 nitrogen and oxygen atoms in total. The van der Waals surface area contributed by atoms with Crippen molar-refractivity contribution in [2.75, 3.05) is 11.9 Å². The monoisotopic (exact) mass is 248 g/mol. The number of anilines is 1. The van der Waals surface area contributed by atoms with Crippen LogP contribution >= 0.6 is 0 Å². The molecule has 1 atom stereocenters. The number of carboxylic acid groups (broad SMARTS) is 1. The molecule has 96 valence electrons. The summed E-state index contributed by atoms with van der Waals surface area (Å²) >= 11 is 0. The van der Waals surface area contributed by atoms with Crippen LogP contribution in [0.15, 0.2) is 18.2 Å². The molecular weight excluding hydrogens is 232 g/mol. The van der Waals surface area contributed by atoms with Crippen LogP contribution in [0, 0.1) is 6.92 Å². The van der Waals surface area contributed by atoms with E-state index in [1.807, 2.05) is 0 Å². The van der Waals surface area contributed by atoms with Crippen LogP contribution in [0.2, 0.25) is 0 Å². The lowest BCUT2D eigenvalue weighted by atomic mass is 10.1. The number of benzene rings is 1. The second kappa shape index (κ2) is 5.18. The summed E-state index contributed by atoms with van der Waals surface area (Å²) < 4.78 is 0.